The monoisotopic (exact) mass is 493 g/mol. The average molecular weight is 494 g/mol. The third-order valence-corrected chi connectivity index (χ3v) is 6.49. The van der Waals surface area contributed by atoms with Gasteiger partial charge in [0.1, 0.15) is 11.4 Å². The maximum absolute atomic E-state index is 13.4. The largest absolute Gasteiger partial charge is 0.494 e. The van der Waals surface area contributed by atoms with Crippen LogP contribution in [0, 0.1) is 0 Å². The zero-order valence-electron chi connectivity index (χ0n) is 20.3. The molecule has 7 heteroatoms. The van der Waals surface area contributed by atoms with Crippen LogP contribution in [0.15, 0.2) is 95.9 Å². The fraction of sp³-hybridized carbons (Fsp3) is 0.250. The number of rotatable bonds is 9. The van der Waals surface area contributed by atoms with Gasteiger partial charge in [0.2, 0.25) is 0 Å². The molecule has 0 heterocycles. The summed E-state index contributed by atoms with van der Waals surface area (Å²) in [4.78, 5) is 13.0. The first-order valence-electron chi connectivity index (χ1n) is 11.4. The number of allylic oxidation sites excluding steroid dienone is 1. The minimum atomic E-state index is -4.18. The maximum atomic E-state index is 13.4. The van der Waals surface area contributed by atoms with E-state index in [-0.39, 0.29) is 10.6 Å². The lowest BCUT2D eigenvalue weighted by Crippen LogP contribution is -2.41. The number of benzene rings is 3. The molecule has 0 N–H and O–H groups in total. The predicted molar refractivity (Wildman–Crippen MR) is 139 cm³/mol. The molecule has 0 saturated heterocycles. The highest BCUT2D eigenvalue weighted by Gasteiger charge is 2.34. The first kappa shape index (κ1) is 26.0. The Morgan fingerprint density at radius 1 is 0.914 bits per heavy atom. The van der Waals surface area contributed by atoms with Gasteiger partial charge in [-0.2, -0.15) is 4.31 Å². The van der Waals surface area contributed by atoms with Crippen molar-refractivity contribution in [3.05, 3.63) is 96.6 Å². The molecule has 0 unspecified atom stereocenters. The first-order chi connectivity index (χ1) is 16.7. The third kappa shape index (κ3) is 7.72. The molecule has 0 bridgehead atoms. The molecule has 3 aromatic carbocycles. The van der Waals surface area contributed by atoms with Crippen molar-refractivity contribution in [1.29, 1.82) is 0 Å². The Bertz CT molecular complexity index is 1230. The molecule has 1 amide bonds. The van der Waals surface area contributed by atoms with Crippen LogP contribution in [0.3, 0.4) is 0 Å². The molecular formula is C28H31NO5S. The summed E-state index contributed by atoms with van der Waals surface area (Å²) in [6.45, 7) is 5.67. The number of hydrogen-bond acceptors (Lipinski definition) is 5. The highest BCUT2D eigenvalue weighted by atomic mass is 32.2. The molecule has 0 radical (unpaired) electrons. The van der Waals surface area contributed by atoms with Gasteiger partial charge in [0.05, 0.1) is 17.2 Å². The molecule has 0 spiro atoms. The lowest BCUT2D eigenvalue weighted by atomic mass is 10.1. The van der Waals surface area contributed by atoms with Crippen molar-refractivity contribution >= 4 is 27.9 Å². The van der Waals surface area contributed by atoms with Crippen molar-refractivity contribution in [3.63, 3.8) is 0 Å². The average Bonchev–Trinajstić information content (AvgIpc) is 2.81. The van der Waals surface area contributed by atoms with E-state index in [1.807, 2.05) is 48.6 Å². The first-order valence-corrected chi connectivity index (χ1v) is 12.9. The molecule has 0 aliphatic heterocycles. The van der Waals surface area contributed by atoms with E-state index < -0.39 is 21.7 Å². The molecular weight excluding hydrogens is 462 g/mol. The summed E-state index contributed by atoms with van der Waals surface area (Å²) in [7, 11) is -4.18. The second-order valence-electron chi connectivity index (χ2n) is 8.86. The standard InChI is InChI=1S/C28H31NO5S/c1-28(2,3)34-27(30)29(35(31,32)26-19-10-5-11-20-26)24-16-13-15-23(22-24)14-7-6-12-21-33-25-17-8-4-9-18-25/h4-5,7-11,13-20,22H,6,12,21H2,1-3H3/b14-7+. The number of ether oxygens (including phenoxy) is 2. The minimum Gasteiger partial charge on any atom is -0.494 e. The lowest BCUT2D eigenvalue weighted by Gasteiger charge is -2.27. The number of sulfonamides is 1. The Morgan fingerprint density at radius 3 is 2.23 bits per heavy atom. The zero-order chi connectivity index (χ0) is 25.3. The van der Waals surface area contributed by atoms with Crippen LogP contribution in [-0.2, 0) is 14.8 Å². The molecule has 35 heavy (non-hydrogen) atoms. The Kier molecular flexibility index (Phi) is 8.71. The Morgan fingerprint density at radius 2 is 1.57 bits per heavy atom. The topological polar surface area (TPSA) is 72.9 Å². The van der Waals surface area contributed by atoms with Gasteiger partial charge in [0, 0.05) is 0 Å². The van der Waals surface area contributed by atoms with Crippen LogP contribution in [-0.4, -0.2) is 26.7 Å². The van der Waals surface area contributed by atoms with E-state index in [4.69, 9.17) is 9.47 Å². The third-order valence-electron chi connectivity index (χ3n) is 4.78. The molecule has 0 atom stereocenters. The highest BCUT2D eigenvalue weighted by Crippen LogP contribution is 2.27. The zero-order valence-corrected chi connectivity index (χ0v) is 21.1. The van der Waals surface area contributed by atoms with E-state index in [0.29, 0.717) is 6.61 Å². The number of amides is 1. The summed E-state index contributed by atoms with van der Waals surface area (Å²) in [6, 6.07) is 24.3. The predicted octanol–water partition coefficient (Wildman–Crippen LogP) is 6.69. The number of nitrogens with zero attached hydrogens (tertiary/aromatic N) is 1. The van der Waals surface area contributed by atoms with Gasteiger partial charge in [-0.1, -0.05) is 60.7 Å². The maximum Gasteiger partial charge on any atom is 0.429 e. The van der Waals surface area contributed by atoms with Gasteiger partial charge in [0.15, 0.2) is 0 Å². The van der Waals surface area contributed by atoms with Gasteiger partial charge in [-0.3, -0.25) is 0 Å². The van der Waals surface area contributed by atoms with Gasteiger partial charge >= 0.3 is 6.09 Å². The molecule has 0 aromatic heterocycles. The van der Waals surface area contributed by atoms with Crippen LogP contribution >= 0.6 is 0 Å². The minimum absolute atomic E-state index is 0.00483. The molecule has 3 aromatic rings. The van der Waals surface area contributed by atoms with E-state index in [1.54, 1.807) is 57.2 Å². The Labute approximate surface area is 207 Å². The van der Waals surface area contributed by atoms with Crippen molar-refractivity contribution in [2.75, 3.05) is 10.9 Å². The van der Waals surface area contributed by atoms with Crippen LogP contribution in [0.4, 0.5) is 10.5 Å². The van der Waals surface area contributed by atoms with E-state index in [2.05, 4.69) is 0 Å². The second-order valence-corrected chi connectivity index (χ2v) is 10.7. The highest BCUT2D eigenvalue weighted by molar-refractivity contribution is 7.93. The fourth-order valence-corrected chi connectivity index (χ4v) is 4.56. The van der Waals surface area contributed by atoms with Crippen molar-refractivity contribution < 1.29 is 22.7 Å². The molecule has 3 rings (SSSR count). The molecule has 184 valence electrons. The van der Waals surface area contributed by atoms with E-state index >= 15 is 0 Å². The summed E-state index contributed by atoms with van der Waals surface area (Å²) < 4.78 is 38.7. The molecule has 6 nitrogen and oxygen atoms in total. The van der Waals surface area contributed by atoms with E-state index in [1.165, 1.54) is 12.1 Å². The van der Waals surface area contributed by atoms with Crippen molar-refractivity contribution in [2.45, 2.75) is 44.1 Å². The number of carbonyl (C=O) groups is 1. The number of carbonyl (C=O) groups excluding carboxylic acids is 1. The fourth-order valence-electron chi connectivity index (χ4n) is 3.23. The Hall–Kier alpha value is -3.58. The SMILES string of the molecule is CC(C)(C)OC(=O)N(c1cccc(/C=C/CCCOc2ccccc2)c1)S(=O)(=O)c1ccccc1. The van der Waals surface area contributed by atoms with Gasteiger partial charge in [-0.05, 0) is 75.6 Å². The van der Waals surface area contributed by atoms with Crippen LogP contribution in [0.5, 0.6) is 5.75 Å². The van der Waals surface area contributed by atoms with Crippen molar-refractivity contribution in [3.8, 4) is 5.75 Å². The smallest absolute Gasteiger partial charge is 0.429 e. The molecule has 0 aliphatic rings. The number of anilines is 1. The van der Waals surface area contributed by atoms with Crippen molar-refractivity contribution in [2.24, 2.45) is 0 Å². The Balaban J connectivity index is 1.76. The van der Waals surface area contributed by atoms with Crippen LogP contribution < -0.4 is 9.04 Å². The normalized spacial score (nSPS) is 11.9. The van der Waals surface area contributed by atoms with Gasteiger partial charge in [-0.15, -0.1) is 0 Å². The van der Waals surface area contributed by atoms with Crippen LogP contribution in [0.25, 0.3) is 6.08 Å². The number of hydrogen-bond donors (Lipinski definition) is 0. The summed E-state index contributed by atoms with van der Waals surface area (Å²) >= 11 is 0. The van der Waals surface area contributed by atoms with Crippen LogP contribution in [0.2, 0.25) is 0 Å². The number of unbranched alkanes of at least 4 members (excludes halogenated alkanes) is 1. The van der Waals surface area contributed by atoms with Crippen LogP contribution in [0.1, 0.15) is 39.2 Å². The van der Waals surface area contributed by atoms with Gasteiger partial charge < -0.3 is 9.47 Å². The van der Waals surface area contributed by atoms with E-state index in [9.17, 15) is 13.2 Å². The van der Waals surface area contributed by atoms with Gasteiger partial charge in [0.25, 0.3) is 10.0 Å². The number of para-hydroxylation sites is 1. The molecule has 0 aliphatic carbocycles. The quantitative estimate of drug-likeness (QED) is 0.311. The summed E-state index contributed by atoms with van der Waals surface area (Å²) in [6.07, 6.45) is 4.55. The summed E-state index contributed by atoms with van der Waals surface area (Å²) in [5, 5.41) is 0. The second kappa shape index (κ2) is 11.7. The molecule has 0 saturated carbocycles. The molecule has 0 fully saturated rings. The summed E-state index contributed by atoms with van der Waals surface area (Å²) in [5.41, 5.74) is 0.113. The lowest BCUT2D eigenvalue weighted by molar-refractivity contribution is 0.0609. The van der Waals surface area contributed by atoms with Gasteiger partial charge in [-0.25, -0.2) is 13.2 Å². The van der Waals surface area contributed by atoms with E-state index in [0.717, 1.165) is 28.5 Å². The van der Waals surface area contributed by atoms with Crippen molar-refractivity contribution in [1.82, 2.24) is 0 Å². The summed E-state index contributed by atoms with van der Waals surface area (Å²) in [5.74, 6) is 0.839.